The van der Waals surface area contributed by atoms with Gasteiger partial charge in [-0.3, -0.25) is 0 Å². The molecule has 0 radical (unpaired) electrons. The number of H-pyrrole nitrogens is 1. The van der Waals surface area contributed by atoms with Crippen molar-refractivity contribution >= 4 is 16.9 Å². The standard InChI is InChI=1S/C24H27F3N4O/c25-24(26,27)17-7-8-20-21(14-17)30-23(29-20)16-6-9-22(28-15-16)31-12-10-19(11-13-31)32-18-4-2-1-3-5-18/h6-9,14-15,18-19H,1-5,10-13H2,(H,29,30). The van der Waals surface area contributed by atoms with Gasteiger partial charge < -0.3 is 14.6 Å². The number of fused-ring (bicyclic) bond motifs is 1. The van der Waals surface area contributed by atoms with Crippen molar-refractivity contribution < 1.29 is 17.9 Å². The van der Waals surface area contributed by atoms with Crippen LogP contribution in [0.4, 0.5) is 19.0 Å². The third-order valence-corrected chi connectivity index (χ3v) is 6.53. The number of pyridine rings is 1. The van der Waals surface area contributed by atoms with Crippen LogP contribution in [0.3, 0.4) is 0 Å². The molecule has 1 aromatic carbocycles. The summed E-state index contributed by atoms with van der Waals surface area (Å²) in [7, 11) is 0. The van der Waals surface area contributed by atoms with Gasteiger partial charge in [0.1, 0.15) is 11.6 Å². The van der Waals surface area contributed by atoms with E-state index in [-0.39, 0.29) is 0 Å². The lowest BCUT2D eigenvalue weighted by Crippen LogP contribution is -2.39. The van der Waals surface area contributed by atoms with E-state index in [4.69, 9.17) is 4.74 Å². The number of rotatable bonds is 4. The van der Waals surface area contributed by atoms with Crippen LogP contribution in [0.5, 0.6) is 0 Å². The second-order valence-corrected chi connectivity index (χ2v) is 8.80. The SMILES string of the molecule is FC(F)(F)c1ccc2nc(-c3ccc(N4CCC(OC5CCCCC5)CC4)nc3)[nH]c2c1. The summed E-state index contributed by atoms with van der Waals surface area (Å²) in [5.41, 5.74) is 0.912. The van der Waals surface area contributed by atoms with Crippen molar-refractivity contribution in [2.45, 2.75) is 63.3 Å². The summed E-state index contributed by atoms with van der Waals surface area (Å²) in [4.78, 5) is 14.3. The Morgan fingerprint density at radius 1 is 0.938 bits per heavy atom. The van der Waals surface area contributed by atoms with E-state index < -0.39 is 11.7 Å². The Kier molecular flexibility index (Phi) is 5.80. The van der Waals surface area contributed by atoms with Crippen LogP contribution in [0.1, 0.15) is 50.5 Å². The molecular weight excluding hydrogens is 417 g/mol. The van der Waals surface area contributed by atoms with Crippen molar-refractivity contribution in [3.05, 3.63) is 42.1 Å². The zero-order chi connectivity index (χ0) is 22.1. The monoisotopic (exact) mass is 444 g/mol. The molecule has 0 amide bonds. The number of hydrogen-bond donors (Lipinski definition) is 1. The maximum Gasteiger partial charge on any atom is 0.416 e. The topological polar surface area (TPSA) is 54.0 Å². The largest absolute Gasteiger partial charge is 0.416 e. The maximum absolute atomic E-state index is 13.0. The molecular formula is C24H27F3N4O. The van der Waals surface area contributed by atoms with E-state index in [9.17, 15) is 13.2 Å². The Labute approximate surface area is 185 Å². The molecule has 2 aromatic heterocycles. The molecule has 1 N–H and O–H groups in total. The molecule has 2 fully saturated rings. The van der Waals surface area contributed by atoms with E-state index in [1.54, 1.807) is 6.20 Å². The summed E-state index contributed by atoms with van der Waals surface area (Å²) in [5.74, 6) is 1.42. The second kappa shape index (κ2) is 8.73. The Hall–Kier alpha value is -2.61. The lowest BCUT2D eigenvalue weighted by molar-refractivity contribution is -0.137. The molecule has 32 heavy (non-hydrogen) atoms. The number of halogens is 3. The van der Waals surface area contributed by atoms with Gasteiger partial charge in [-0.05, 0) is 56.0 Å². The highest BCUT2D eigenvalue weighted by Gasteiger charge is 2.31. The molecule has 3 aromatic rings. The first kappa shape index (κ1) is 21.2. The number of ether oxygens (including phenoxy) is 1. The number of imidazole rings is 1. The molecule has 1 saturated carbocycles. The molecule has 170 valence electrons. The number of alkyl halides is 3. The zero-order valence-corrected chi connectivity index (χ0v) is 17.9. The van der Waals surface area contributed by atoms with Gasteiger partial charge in [0.25, 0.3) is 0 Å². The normalized spacial score (nSPS) is 19.0. The molecule has 8 heteroatoms. The third-order valence-electron chi connectivity index (χ3n) is 6.53. The molecule has 0 spiro atoms. The van der Waals surface area contributed by atoms with Crippen molar-refractivity contribution in [1.82, 2.24) is 15.0 Å². The first-order valence-electron chi connectivity index (χ1n) is 11.4. The maximum atomic E-state index is 13.0. The highest BCUT2D eigenvalue weighted by molar-refractivity contribution is 5.80. The fourth-order valence-electron chi connectivity index (χ4n) is 4.73. The zero-order valence-electron chi connectivity index (χ0n) is 17.9. The van der Waals surface area contributed by atoms with Crippen LogP contribution in [0, 0.1) is 0 Å². The fraction of sp³-hybridized carbons (Fsp3) is 0.500. The number of nitrogens with zero attached hydrogens (tertiary/aromatic N) is 3. The van der Waals surface area contributed by atoms with Crippen LogP contribution in [0.15, 0.2) is 36.5 Å². The average Bonchev–Trinajstić information content (AvgIpc) is 3.23. The fourth-order valence-corrected chi connectivity index (χ4v) is 4.73. The van der Waals surface area contributed by atoms with Crippen molar-refractivity contribution in [3.63, 3.8) is 0 Å². The summed E-state index contributed by atoms with van der Waals surface area (Å²) >= 11 is 0. The number of hydrogen-bond acceptors (Lipinski definition) is 4. The van der Waals surface area contributed by atoms with E-state index in [0.717, 1.165) is 49.4 Å². The van der Waals surface area contributed by atoms with Crippen LogP contribution < -0.4 is 4.90 Å². The smallest absolute Gasteiger partial charge is 0.375 e. The Bertz CT molecular complexity index is 1050. The van der Waals surface area contributed by atoms with E-state index in [1.807, 2.05) is 12.1 Å². The van der Waals surface area contributed by atoms with Crippen LogP contribution in [0.25, 0.3) is 22.4 Å². The minimum atomic E-state index is -4.38. The summed E-state index contributed by atoms with van der Waals surface area (Å²) < 4.78 is 45.2. The van der Waals surface area contributed by atoms with Crippen LogP contribution in [0.2, 0.25) is 0 Å². The minimum Gasteiger partial charge on any atom is -0.375 e. The Morgan fingerprint density at radius 3 is 2.38 bits per heavy atom. The van der Waals surface area contributed by atoms with E-state index >= 15 is 0 Å². The van der Waals surface area contributed by atoms with Gasteiger partial charge in [-0.1, -0.05) is 19.3 Å². The molecule has 0 bridgehead atoms. The van der Waals surface area contributed by atoms with Gasteiger partial charge in [0.05, 0.1) is 28.8 Å². The number of nitrogens with one attached hydrogen (secondary N) is 1. The summed E-state index contributed by atoms with van der Waals surface area (Å²) in [6, 6.07) is 7.39. The van der Waals surface area contributed by atoms with Gasteiger partial charge in [-0.25, -0.2) is 9.97 Å². The molecule has 0 atom stereocenters. The number of aromatic amines is 1. The predicted octanol–water partition coefficient (Wildman–Crippen LogP) is 5.96. The number of benzene rings is 1. The van der Waals surface area contributed by atoms with Crippen molar-refractivity contribution in [2.24, 2.45) is 0 Å². The van der Waals surface area contributed by atoms with Crippen molar-refractivity contribution in [3.8, 4) is 11.4 Å². The molecule has 1 aliphatic heterocycles. The van der Waals surface area contributed by atoms with Gasteiger partial charge in [0, 0.05) is 24.8 Å². The number of aromatic nitrogens is 3. The highest BCUT2D eigenvalue weighted by atomic mass is 19.4. The summed E-state index contributed by atoms with van der Waals surface area (Å²) in [6.45, 7) is 1.82. The Morgan fingerprint density at radius 2 is 1.69 bits per heavy atom. The molecule has 3 heterocycles. The van der Waals surface area contributed by atoms with Crippen molar-refractivity contribution in [2.75, 3.05) is 18.0 Å². The predicted molar refractivity (Wildman–Crippen MR) is 118 cm³/mol. The number of piperidine rings is 1. The van der Waals surface area contributed by atoms with Gasteiger partial charge in [-0.2, -0.15) is 13.2 Å². The third kappa shape index (κ3) is 4.60. The highest BCUT2D eigenvalue weighted by Crippen LogP contribution is 2.32. The van der Waals surface area contributed by atoms with Gasteiger partial charge in [0.2, 0.25) is 0 Å². The Balaban J connectivity index is 1.23. The van der Waals surface area contributed by atoms with Crippen LogP contribution in [-0.4, -0.2) is 40.2 Å². The molecule has 5 nitrogen and oxygen atoms in total. The molecule has 2 aliphatic rings. The van der Waals surface area contributed by atoms with Gasteiger partial charge >= 0.3 is 6.18 Å². The molecule has 1 saturated heterocycles. The summed E-state index contributed by atoms with van der Waals surface area (Å²) in [6.07, 6.45) is 6.44. The summed E-state index contributed by atoms with van der Waals surface area (Å²) in [5, 5.41) is 0. The lowest BCUT2D eigenvalue weighted by Gasteiger charge is -2.35. The van der Waals surface area contributed by atoms with E-state index in [2.05, 4.69) is 19.9 Å². The van der Waals surface area contributed by atoms with Gasteiger partial charge in [-0.15, -0.1) is 0 Å². The van der Waals surface area contributed by atoms with Gasteiger partial charge in [0.15, 0.2) is 0 Å². The van der Waals surface area contributed by atoms with Crippen LogP contribution in [-0.2, 0) is 10.9 Å². The van der Waals surface area contributed by atoms with Crippen LogP contribution >= 0.6 is 0 Å². The minimum absolute atomic E-state index is 0.339. The van der Waals surface area contributed by atoms with Crippen molar-refractivity contribution in [1.29, 1.82) is 0 Å². The second-order valence-electron chi connectivity index (χ2n) is 8.80. The molecule has 0 unspecified atom stereocenters. The van der Waals surface area contributed by atoms with E-state index in [1.165, 1.54) is 38.2 Å². The quantitative estimate of drug-likeness (QED) is 0.539. The lowest BCUT2D eigenvalue weighted by atomic mass is 9.97. The van der Waals surface area contributed by atoms with E-state index in [0.29, 0.717) is 29.1 Å². The first-order chi connectivity index (χ1) is 15.5. The average molecular weight is 445 g/mol. The first-order valence-corrected chi connectivity index (χ1v) is 11.4. The molecule has 1 aliphatic carbocycles. The number of anilines is 1. The molecule has 5 rings (SSSR count).